The van der Waals surface area contributed by atoms with E-state index in [0.29, 0.717) is 5.84 Å². The monoisotopic (exact) mass is 310 g/mol. The first-order chi connectivity index (χ1) is 10.2. The maximum atomic E-state index is 11.2. The van der Waals surface area contributed by atoms with Gasteiger partial charge in [0.2, 0.25) is 5.91 Å². The van der Waals surface area contributed by atoms with Crippen LogP contribution in [0.4, 0.5) is 0 Å². The lowest BCUT2D eigenvalue weighted by Crippen LogP contribution is -2.33. The van der Waals surface area contributed by atoms with Gasteiger partial charge in [-0.2, -0.15) is 5.10 Å². The zero-order valence-corrected chi connectivity index (χ0v) is 13.7. The van der Waals surface area contributed by atoms with E-state index in [1.807, 2.05) is 6.92 Å². The fourth-order valence-corrected chi connectivity index (χ4v) is 1.98. The van der Waals surface area contributed by atoms with Gasteiger partial charge in [-0.15, -0.1) is 0 Å². The van der Waals surface area contributed by atoms with Gasteiger partial charge in [0.15, 0.2) is 0 Å². The zero-order chi connectivity index (χ0) is 17.0. The van der Waals surface area contributed by atoms with Crippen molar-refractivity contribution in [2.45, 2.75) is 20.8 Å². The summed E-state index contributed by atoms with van der Waals surface area (Å²) in [7, 11) is 4.93. The van der Waals surface area contributed by atoms with Gasteiger partial charge in [-0.1, -0.05) is 0 Å². The standard InChI is InChI=1S/C7H11N3O2.C6H11N3O/c1-4-6(8-5(2)11)9-10(3)7(4)12;1-4-5(7-2)8-9(3)6(4)10/h4H,1-3H3,(H,8,9,11);4H,1-3H3,(H,7,8). The molecule has 2 atom stereocenters. The van der Waals surface area contributed by atoms with Crippen LogP contribution in [0, 0.1) is 11.8 Å². The number of nitrogens with zero attached hydrogens (tertiary/aromatic N) is 4. The molecule has 2 N–H and O–H groups in total. The number of hydrogen-bond donors (Lipinski definition) is 2. The summed E-state index contributed by atoms with van der Waals surface area (Å²) >= 11 is 0. The molecular weight excluding hydrogens is 288 g/mol. The average molecular weight is 310 g/mol. The van der Waals surface area contributed by atoms with Crippen LogP contribution < -0.4 is 10.7 Å². The quantitative estimate of drug-likeness (QED) is 0.609. The minimum atomic E-state index is -0.334. The fraction of sp³-hybridized carbons (Fsp3) is 0.615. The molecule has 2 heterocycles. The van der Waals surface area contributed by atoms with E-state index in [-0.39, 0.29) is 29.6 Å². The fourth-order valence-electron chi connectivity index (χ4n) is 1.98. The van der Waals surface area contributed by atoms with Gasteiger partial charge in [0.1, 0.15) is 11.7 Å². The Hall–Kier alpha value is -2.45. The maximum Gasteiger partial charge on any atom is 0.252 e. The Morgan fingerprint density at radius 2 is 1.82 bits per heavy atom. The number of nitrogens with one attached hydrogen (secondary N) is 2. The zero-order valence-electron chi connectivity index (χ0n) is 13.7. The lowest BCUT2D eigenvalue weighted by atomic mass is 10.1. The smallest absolute Gasteiger partial charge is 0.252 e. The van der Waals surface area contributed by atoms with Crippen molar-refractivity contribution in [1.29, 1.82) is 0 Å². The Morgan fingerprint density at radius 1 is 1.23 bits per heavy atom. The SMILES string of the molecule is CC(=O)NC1=NN(C)C(=O)C1C.CN=C1NN(C)C(=O)C1C. The number of rotatable bonds is 0. The Labute approximate surface area is 129 Å². The van der Waals surface area contributed by atoms with E-state index in [0.717, 1.165) is 5.84 Å². The van der Waals surface area contributed by atoms with Crippen molar-refractivity contribution >= 4 is 29.4 Å². The van der Waals surface area contributed by atoms with E-state index in [9.17, 15) is 14.4 Å². The molecule has 0 radical (unpaired) electrons. The number of hydrazone groups is 1. The molecule has 9 heteroatoms. The van der Waals surface area contributed by atoms with Crippen LogP contribution in [-0.2, 0) is 14.4 Å². The van der Waals surface area contributed by atoms with Crippen molar-refractivity contribution < 1.29 is 14.4 Å². The van der Waals surface area contributed by atoms with Gasteiger partial charge in [-0.05, 0) is 13.8 Å². The molecule has 2 rings (SSSR count). The highest BCUT2D eigenvalue weighted by Gasteiger charge is 2.31. The topological polar surface area (TPSA) is 106 Å². The van der Waals surface area contributed by atoms with E-state index in [2.05, 4.69) is 20.8 Å². The van der Waals surface area contributed by atoms with Gasteiger partial charge < -0.3 is 5.32 Å². The molecule has 0 bridgehead atoms. The second-order valence-electron chi connectivity index (χ2n) is 5.09. The lowest BCUT2D eigenvalue weighted by Gasteiger charge is -2.05. The molecule has 1 saturated heterocycles. The molecule has 0 saturated carbocycles. The van der Waals surface area contributed by atoms with Crippen molar-refractivity contribution in [3.8, 4) is 0 Å². The molecular formula is C13H22N6O3. The van der Waals surface area contributed by atoms with Crippen molar-refractivity contribution in [2.75, 3.05) is 21.1 Å². The van der Waals surface area contributed by atoms with Crippen LogP contribution in [-0.4, -0.2) is 60.6 Å². The van der Waals surface area contributed by atoms with E-state index in [1.54, 1.807) is 28.1 Å². The van der Waals surface area contributed by atoms with E-state index >= 15 is 0 Å². The summed E-state index contributed by atoms with van der Waals surface area (Å²) < 4.78 is 0. The molecule has 22 heavy (non-hydrogen) atoms. The van der Waals surface area contributed by atoms with Gasteiger partial charge >= 0.3 is 0 Å². The van der Waals surface area contributed by atoms with E-state index < -0.39 is 0 Å². The molecule has 0 spiro atoms. The number of aliphatic imine (C=N–C) groups is 1. The number of carbonyl (C=O) groups excluding carboxylic acids is 3. The van der Waals surface area contributed by atoms with Gasteiger partial charge in [0, 0.05) is 28.1 Å². The summed E-state index contributed by atoms with van der Waals surface area (Å²) in [6.45, 7) is 4.93. The highest BCUT2D eigenvalue weighted by atomic mass is 16.2. The number of carbonyl (C=O) groups is 3. The minimum Gasteiger partial charge on any atom is -0.312 e. The van der Waals surface area contributed by atoms with Crippen LogP contribution in [0.1, 0.15) is 20.8 Å². The number of hydrazine groups is 1. The maximum absolute atomic E-state index is 11.2. The molecule has 2 aliphatic rings. The highest BCUT2D eigenvalue weighted by molar-refractivity contribution is 6.11. The van der Waals surface area contributed by atoms with Gasteiger partial charge in [-0.25, -0.2) is 5.01 Å². The molecule has 2 unspecified atom stereocenters. The van der Waals surface area contributed by atoms with Gasteiger partial charge in [0.05, 0.1) is 11.8 Å². The van der Waals surface area contributed by atoms with E-state index in [1.165, 1.54) is 16.9 Å². The molecule has 3 amide bonds. The predicted molar refractivity (Wildman–Crippen MR) is 81.6 cm³/mol. The molecule has 1 fully saturated rings. The summed E-state index contributed by atoms with van der Waals surface area (Å²) in [4.78, 5) is 36.8. The van der Waals surface area contributed by atoms with Crippen LogP contribution in [0.3, 0.4) is 0 Å². The summed E-state index contributed by atoms with van der Waals surface area (Å²) in [6, 6.07) is 0. The molecule has 2 aliphatic heterocycles. The molecule has 0 aliphatic carbocycles. The summed E-state index contributed by atoms with van der Waals surface area (Å²) in [5.74, 6) is 0.499. The van der Waals surface area contributed by atoms with Crippen molar-refractivity contribution in [1.82, 2.24) is 20.8 Å². The Balaban J connectivity index is 0.000000224. The van der Waals surface area contributed by atoms with Crippen LogP contribution >= 0.6 is 0 Å². The summed E-state index contributed by atoms with van der Waals surface area (Å²) in [6.07, 6.45) is 0. The molecule has 9 nitrogen and oxygen atoms in total. The third kappa shape index (κ3) is 3.80. The highest BCUT2D eigenvalue weighted by Crippen LogP contribution is 2.10. The second-order valence-corrected chi connectivity index (χ2v) is 5.09. The van der Waals surface area contributed by atoms with Crippen LogP contribution in [0.2, 0.25) is 0 Å². The van der Waals surface area contributed by atoms with Crippen LogP contribution in [0.25, 0.3) is 0 Å². The normalized spacial score (nSPS) is 25.7. The number of amides is 3. The summed E-state index contributed by atoms with van der Waals surface area (Å²) in [5, 5.41) is 9.04. The van der Waals surface area contributed by atoms with E-state index in [4.69, 9.17) is 0 Å². The van der Waals surface area contributed by atoms with Gasteiger partial charge in [0.25, 0.3) is 11.8 Å². The first-order valence-electron chi connectivity index (χ1n) is 6.83. The largest absolute Gasteiger partial charge is 0.312 e. The van der Waals surface area contributed by atoms with Gasteiger partial charge in [-0.3, -0.25) is 29.8 Å². The minimum absolute atomic E-state index is 0.0700. The molecule has 0 aromatic carbocycles. The first kappa shape index (κ1) is 17.6. The average Bonchev–Trinajstić information content (AvgIpc) is 2.84. The van der Waals surface area contributed by atoms with Crippen LogP contribution in [0.15, 0.2) is 10.1 Å². The Kier molecular flexibility index (Phi) is 5.61. The third-order valence-corrected chi connectivity index (χ3v) is 3.30. The number of amidine groups is 2. The van der Waals surface area contributed by atoms with Crippen molar-refractivity contribution in [2.24, 2.45) is 21.9 Å². The second kappa shape index (κ2) is 7.01. The van der Waals surface area contributed by atoms with Crippen molar-refractivity contribution in [3.63, 3.8) is 0 Å². The van der Waals surface area contributed by atoms with Crippen LogP contribution in [0.5, 0.6) is 0 Å². The number of hydrogen-bond acceptors (Lipinski definition) is 5. The third-order valence-electron chi connectivity index (χ3n) is 3.30. The lowest BCUT2D eigenvalue weighted by molar-refractivity contribution is -0.131. The Morgan fingerprint density at radius 3 is 2.09 bits per heavy atom. The molecule has 122 valence electrons. The predicted octanol–water partition coefficient (Wildman–Crippen LogP) is -0.828. The van der Waals surface area contributed by atoms with Crippen molar-refractivity contribution in [3.05, 3.63) is 0 Å². The summed E-state index contributed by atoms with van der Waals surface area (Å²) in [5.41, 5.74) is 2.84. The first-order valence-corrected chi connectivity index (χ1v) is 6.83. The molecule has 0 aromatic heterocycles. The Bertz CT molecular complexity index is 542. The molecule has 0 aromatic rings.